The van der Waals surface area contributed by atoms with Crippen LogP contribution in [0.2, 0.25) is 0 Å². The van der Waals surface area contributed by atoms with Gasteiger partial charge in [-0.25, -0.2) is 15.0 Å². The Kier molecular flexibility index (Phi) is 15.8. The Hall–Kier alpha value is -1.19. The largest absolute Gasteiger partial charge is 0.382 e. The van der Waals surface area contributed by atoms with Gasteiger partial charge in [-0.05, 0) is 30.3 Å². The average Bonchev–Trinajstić information content (AvgIpc) is 3.65. The fourth-order valence-electron chi connectivity index (χ4n) is 4.72. The molecule has 3 N–H and O–H groups in total. The number of unbranched alkanes of at least 4 members (excludes halogenated alkanes) is 11. The van der Waals surface area contributed by atoms with E-state index in [4.69, 9.17) is 15.0 Å². The number of fused-ring (bicyclic) bond motifs is 1. The number of nitrogen functional groups attached to an aromatic ring is 1. The number of anilines is 1. The lowest BCUT2D eigenvalue weighted by atomic mass is 10.0. The van der Waals surface area contributed by atoms with E-state index in [1.807, 2.05) is 11.8 Å². The van der Waals surface area contributed by atoms with Crippen molar-refractivity contribution < 1.29 is 18.7 Å². The zero-order valence-corrected chi connectivity index (χ0v) is 25.4. The van der Waals surface area contributed by atoms with Gasteiger partial charge in [-0.2, -0.15) is 11.8 Å². The second kappa shape index (κ2) is 19.0. The molecule has 1 unspecified atom stereocenters. The van der Waals surface area contributed by atoms with Crippen LogP contribution < -0.4 is 5.73 Å². The van der Waals surface area contributed by atoms with Crippen LogP contribution in [0.1, 0.15) is 103 Å². The first kappa shape index (κ1) is 32.3. The number of nitrogens with two attached hydrogens (primary N) is 1. The van der Waals surface area contributed by atoms with Crippen molar-refractivity contribution in [2.75, 3.05) is 36.8 Å². The molecule has 2 aromatic heterocycles. The molecular formula is C28H50N5O4PS. The summed E-state index contributed by atoms with van der Waals surface area (Å²) in [6.07, 6.45) is 24.7. The van der Waals surface area contributed by atoms with Crippen molar-refractivity contribution in [2.45, 2.75) is 109 Å². The molecule has 2 aromatic rings. The molecule has 0 bridgehead atoms. The van der Waals surface area contributed by atoms with E-state index in [1.165, 1.54) is 103 Å². The number of rotatable bonds is 25. The summed E-state index contributed by atoms with van der Waals surface area (Å²) in [4.78, 5) is 22.2. The Morgan fingerprint density at radius 1 is 0.897 bits per heavy atom. The summed E-state index contributed by atoms with van der Waals surface area (Å²) in [5.41, 5.74) is 6.92. The van der Waals surface area contributed by atoms with E-state index in [1.54, 1.807) is 10.9 Å². The molecule has 1 aliphatic rings. The fourth-order valence-corrected chi connectivity index (χ4v) is 6.51. The molecule has 9 nitrogen and oxygen atoms in total. The number of nitrogens with zero attached hydrogens (tertiary/aromatic N) is 4. The van der Waals surface area contributed by atoms with E-state index in [0.29, 0.717) is 23.5 Å². The van der Waals surface area contributed by atoms with Crippen molar-refractivity contribution in [2.24, 2.45) is 5.92 Å². The zero-order valence-electron chi connectivity index (χ0n) is 23.7. The highest BCUT2D eigenvalue weighted by Crippen LogP contribution is 2.41. The average molecular weight is 584 g/mol. The van der Waals surface area contributed by atoms with E-state index < -0.39 is 7.60 Å². The van der Waals surface area contributed by atoms with Crippen molar-refractivity contribution in [1.29, 1.82) is 0 Å². The molecule has 0 amide bonds. The molecular weight excluding hydrogens is 533 g/mol. The molecule has 1 aliphatic carbocycles. The summed E-state index contributed by atoms with van der Waals surface area (Å²) < 4.78 is 24.5. The molecule has 0 radical (unpaired) electrons. The van der Waals surface area contributed by atoms with Crippen molar-refractivity contribution in [1.82, 2.24) is 19.5 Å². The summed E-state index contributed by atoms with van der Waals surface area (Å²) >= 11 is 1.90. The Bertz CT molecular complexity index is 975. The summed E-state index contributed by atoms with van der Waals surface area (Å²) in [6, 6.07) is 0. The molecule has 1 fully saturated rings. The SMILES string of the molecule is Nc1ncnc2c1ncn2CCOCP(=O)(O)OCCCSCCCCCCCCCCCCCCC1CC1. The Labute approximate surface area is 239 Å². The molecule has 0 saturated heterocycles. The van der Waals surface area contributed by atoms with Gasteiger partial charge in [0.25, 0.3) is 0 Å². The predicted molar refractivity (Wildman–Crippen MR) is 161 cm³/mol. The first-order valence-electron chi connectivity index (χ1n) is 15.1. The van der Waals surface area contributed by atoms with Gasteiger partial charge in [0.1, 0.15) is 18.2 Å². The predicted octanol–water partition coefficient (Wildman–Crippen LogP) is 7.19. The third kappa shape index (κ3) is 14.3. The molecule has 11 heteroatoms. The van der Waals surface area contributed by atoms with Crippen LogP contribution in [0, 0.1) is 5.92 Å². The Balaban J connectivity index is 1.04. The number of hydrogen-bond donors (Lipinski definition) is 2. The molecule has 0 aromatic carbocycles. The lowest BCUT2D eigenvalue weighted by molar-refractivity contribution is 0.138. The summed E-state index contributed by atoms with van der Waals surface area (Å²) in [6.45, 7) is 0.941. The van der Waals surface area contributed by atoms with Crippen LogP contribution >= 0.6 is 19.4 Å². The minimum atomic E-state index is -3.75. The standard InChI is InChI=1S/C28H50N5O4PS/c29-27-26-28(31-22-30-27)33(23-32-26)17-19-36-24-38(34,35)37-18-13-21-39-20-12-10-8-6-4-2-1-3-5-7-9-11-14-25-15-16-25/h22-23,25H,1-21,24H2,(H,34,35)(H2,29,30,31). The topological polar surface area (TPSA) is 125 Å². The Morgan fingerprint density at radius 3 is 2.23 bits per heavy atom. The highest BCUT2D eigenvalue weighted by Gasteiger charge is 2.20. The molecule has 1 saturated carbocycles. The molecule has 1 atom stereocenters. The molecule has 3 rings (SSSR count). The van der Waals surface area contributed by atoms with Crippen molar-refractivity contribution in [3.8, 4) is 0 Å². The van der Waals surface area contributed by atoms with Gasteiger partial charge >= 0.3 is 7.60 Å². The third-order valence-electron chi connectivity index (χ3n) is 7.23. The van der Waals surface area contributed by atoms with Crippen LogP contribution in [0.5, 0.6) is 0 Å². The quantitative estimate of drug-likeness (QED) is 0.0922. The maximum absolute atomic E-state index is 12.2. The number of thioether (sulfide) groups is 1. The molecule has 0 aliphatic heterocycles. The number of imidazole rings is 1. The lowest BCUT2D eigenvalue weighted by Gasteiger charge is -2.12. The van der Waals surface area contributed by atoms with Gasteiger partial charge in [-0.1, -0.05) is 89.9 Å². The zero-order chi connectivity index (χ0) is 27.6. The second-order valence-electron chi connectivity index (χ2n) is 10.8. The Morgan fingerprint density at radius 2 is 1.54 bits per heavy atom. The van der Waals surface area contributed by atoms with Crippen LogP contribution in [0.15, 0.2) is 12.7 Å². The van der Waals surface area contributed by atoms with Crippen LogP contribution in [0.3, 0.4) is 0 Å². The number of hydrogen-bond acceptors (Lipinski definition) is 8. The smallest absolute Gasteiger partial charge is 0.353 e. The van der Waals surface area contributed by atoms with Crippen molar-refractivity contribution >= 4 is 36.3 Å². The van der Waals surface area contributed by atoms with Crippen LogP contribution in [-0.4, -0.2) is 55.5 Å². The summed E-state index contributed by atoms with van der Waals surface area (Å²) in [7, 11) is -3.75. The van der Waals surface area contributed by atoms with Gasteiger partial charge in [0, 0.05) is 6.54 Å². The number of ether oxygens (including phenoxy) is 1. The maximum Gasteiger partial charge on any atom is 0.353 e. The van der Waals surface area contributed by atoms with Gasteiger partial charge in [-0.15, -0.1) is 0 Å². The minimum Gasteiger partial charge on any atom is -0.382 e. The summed E-state index contributed by atoms with van der Waals surface area (Å²) in [5, 5.41) is 0. The van der Waals surface area contributed by atoms with Gasteiger partial charge < -0.3 is 24.5 Å². The molecule has 222 valence electrons. The van der Waals surface area contributed by atoms with Gasteiger partial charge in [0.05, 0.1) is 19.5 Å². The van der Waals surface area contributed by atoms with E-state index in [0.717, 1.165) is 23.8 Å². The fraction of sp³-hybridized carbons (Fsp3) is 0.821. The summed E-state index contributed by atoms with van der Waals surface area (Å²) in [5.74, 6) is 3.52. The van der Waals surface area contributed by atoms with Gasteiger partial charge in [0.2, 0.25) is 0 Å². The van der Waals surface area contributed by atoms with Gasteiger partial charge in [0.15, 0.2) is 11.5 Å². The van der Waals surface area contributed by atoms with E-state index in [2.05, 4.69) is 15.0 Å². The minimum absolute atomic E-state index is 0.236. The third-order valence-corrected chi connectivity index (χ3v) is 9.48. The van der Waals surface area contributed by atoms with Crippen LogP contribution in [0.25, 0.3) is 11.2 Å². The first-order chi connectivity index (χ1) is 19.1. The highest BCUT2D eigenvalue weighted by molar-refractivity contribution is 7.99. The van der Waals surface area contributed by atoms with Gasteiger partial charge in [-0.3, -0.25) is 4.57 Å². The van der Waals surface area contributed by atoms with Crippen molar-refractivity contribution in [3.05, 3.63) is 12.7 Å². The molecule has 0 spiro atoms. The lowest BCUT2D eigenvalue weighted by Crippen LogP contribution is -2.08. The van der Waals surface area contributed by atoms with Crippen LogP contribution in [-0.2, 0) is 20.4 Å². The van der Waals surface area contributed by atoms with Crippen LogP contribution in [0.4, 0.5) is 5.82 Å². The number of aromatic nitrogens is 4. The monoisotopic (exact) mass is 583 g/mol. The van der Waals surface area contributed by atoms with E-state index in [-0.39, 0.29) is 19.6 Å². The maximum atomic E-state index is 12.2. The first-order valence-corrected chi connectivity index (χ1v) is 18.0. The van der Waals surface area contributed by atoms with E-state index >= 15 is 0 Å². The van der Waals surface area contributed by atoms with Crippen molar-refractivity contribution in [3.63, 3.8) is 0 Å². The normalized spacial score (nSPS) is 15.2. The molecule has 39 heavy (non-hydrogen) atoms. The molecule has 2 heterocycles. The van der Waals surface area contributed by atoms with E-state index in [9.17, 15) is 9.46 Å². The second-order valence-corrected chi connectivity index (χ2v) is 13.8. The highest BCUT2D eigenvalue weighted by atomic mass is 32.2.